The number of nitrogens with zero attached hydrogens (tertiary/aromatic N) is 2. The highest BCUT2D eigenvalue weighted by molar-refractivity contribution is 6.33. The fraction of sp³-hybridized carbons (Fsp3) is 0.0400. The molecular formula is C25H17ClN2O. The van der Waals surface area contributed by atoms with Gasteiger partial charge in [0.1, 0.15) is 10.8 Å². The van der Waals surface area contributed by atoms with Crippen LogP contribution < -0.4 is 0 Å². The second-order valence-electron chi connectivity index (χ2n) is 6.89. The van der Waals surface area contributed by atoms with Gasteiger partial charge >= 0.3 is 0 Å². The molecule has 5 aromatic rings. The Bertz CT molecular complexity index is 1250. The summed E-state index contributed by atoms with van der Waals surface area (Å²) in [5, 5.41) is 5.94. The molecule has 140 valence electrons. The minimum atomic E-state index is 0.443. The molecule has 3 aromatic carbocycles. The van der Waals surface area contributed by atoms with Crippen molar-refractivity contribution in [1.82, 2.24) is 10.1 Å². The van der Waals surface area contributed by atoms with Gasteiger partial charge in [0, 0.05) is 22.1 Å². The summed E-state index contributed by atoms with van der Waals surface area (Å²) in [4.78, 5) is 4.66. The molecule has 0 aliphatic heterocycles. The van der Waals surface area contributed by atoms with Gasteiger partial charge < -0.3 is 4.52 Å². The summed E-state index contributed by atoms with van der Waals surface area (Å²) in [7, 11) is 0. The summed E-state index contributed by atoms with van der Waals surface area (Å²) >= 11 is 6.74. The largest absolute Gasteiger partial charge is 0.355 e. The predicted molar refractivity (Wildman–Crippen MR) is 118 cm³/mol. The van der Waals surface area contributed by atoms with E-state index in [-0.39, 0.29) is 0 Å². The molecule has 0 saturated carbocycles. The fourth-order valence-electron chi connectivity index (χ4n) is 3.73. The van der Waals surface area contributed by atoms with E-state index in [0.717, 1.165) is 44.4 Å². The third kappa shape index (κ3) is 3.00. The molecule has 2 aromatic heterocycles. The molecule has 0 unspecified atom stereocenters. The van der Waals surface area contributed by atoms with E-state index in [2.05, 4.69) is 23.1 Å². The monoisotopic (exact) mass is 396 g/mol. The van der Waals surface area contributed by atoms with Gasteiger partial charge in [0.25, 0.3) is 0 Å². The second-order valence-corrected chi connectivity index (χ2v) is 7.25. The van der Waals surface area contributed by atoms with Crippen LogP contribution in [0.2, 0.25) is 5.15 Å². The smallest absolute Gasteiger partial charge is 0.175 e. The number of halogens is 1. The number of aryl methyl sites for hydroxylation is 1. The molecule has 0 spiro atoms. The van der Waals surface area contributed by atoms with Gasteiger partial charge in [0.15, 0.2) is 5.76 Å². The van der Waals surface area contributed by atoms with E-state index in [1.54, 1.807) is 0 Å². The highest BCUT2D eigenvalue weighted by Gasteiger charge is 2.25. The zero-order chi connectivity index (χ0) is 19.8. The predicted octanol–water partition coefficient (Wildman–Crippen LogP) is 7.19. The number of hydrogen-bond donors (Lipinski definition) is 0. The molecule has 0 saturated heterocycles. The SMILES string of the molecule is Cc1c(-c2c(-c3ccccc3)noc2-c2ccccc2)c(Cl)nc2ccccc12. The van der Waals surface area contributed by atoms with E-state index in [9.17, 15) is 0 Å². The van der Waals surface area contributed by atoms with Gasteiger partial charge in [-0.3, -0.25) is 0 Å². The van der Waals surface area contributed by atoms with Crippen molar-refractivity contribution in [2.24, 2.45) is 0 Å². The normalized spacial score (nSPS) is 11.1. The first-order valence-corrected chi connectivity index (χ1v) is 9.77. The molecule has 0 N–H and O–H groups in total. The zero-order valence-corrected chi connectivity index (χ0v) is 16.5. The van der Waals surface area contributed by atoms with E-state index in [4.69, 9.17) is 16.1 Å². The van der Waals surface area contributed by atoms with Crippen LogP contribution in [0.3, 0.4) is 0 Å². The third-order valence-corrected chi connectivity index (χ3v) is 5.41. The van der Waals surface area contributed by atoms with E-state index in [0.29, 0.717) is 10.9 Å². The molecule has 0 fully saturated rings. The van der Waals surface area contributed by atoms with Crippen molar-refractivity contribution < 1.29 is 4.52 Å². The van der Waals surface area contributed by atoms with Crippen LogP contribution in [0, 0.1) is 6.92 Å². The molecule has 3 nitrogen and oxygen atoms in total. The Balaban J connectivity index is 1.87. The summed E-state index contributed by atoms with van der Waals surface area (Å²) in [5.74, 6) is 0.687. The lowest BCUT2D eigenvalue weighted by Crippen LogP contribution is -1.94. The Morgan fingerprint density at radius 3 is 2.07 bits per heavy atom. The lowest BCUT2D eigenvalue weighted by atomic mass is 9.93. The van der Waals surface area contributed by atoms with Crippen LogP contribution in [-0.4, -0.2) is 10.1 Å². The van der Waals surface area contributed by atoms with Crippen molar-refractivity contribution in [2.75, 3.05) is 0 Å². The topological polar surface area (TPSA) is 38.9 Å². The third-order valence-electron chi connectivity index (χ3n) is 5.13. The summed E-state index contributed by atoms with van der Waals surface area (Å²) < 4.78 is 5.88. The van der Waals surface area contributed by atoms with Gasteiger partial charge in [0.2, 0.25) is 0 Å². The van der Waals surface area contributed by atoms with Crippen LogP contribution in [0.5, 0.6) is 0 Å². The molecule has 0 radical (unpaired) electrons. The first-order valence-electron chi connectivity index (χ1n) is 9.40. The fourth-order valence-corrected chi connectivity index (χ4v) is 4.06. The van der Waals surface area contributed by atoms with Gasteiger partial charge in [-0.1, -0.05) is 95.6 Å². The first-order chi connectivity index (χ1) is 14.2. The van der Waals surface area contributed by atoms with Crippen LogP contribution in [0.15, 0.2) is 89.5 Å². The number of pyridine rings is 1. The molecule has 0 amide bonds. The van der Waals surface area contributed by atoms with Gasteiger partial charge in [-0.25, -0.2) is 4.98 Å². The number of aromatic nitrogens is 2. The maximum atomic E-state index is 6.74. The molecule has 5 rings (SSSR count). The van der Waals surface area contributed by atoms with Gasteiger partial charge in [-0.2, -0.15) is 0 Å². The number of rotatable bonds is 3. The van der Waals surface area contributed by atoms with E-state index in [1.165, 1.54) is 0 Å². The van der Waals surface area contributed by atoms with Crippen molar-refractivity contribution in [3.63, 3.8) is 0 Å². The standard InChI is InChI=1S/C25H17ClN2O/c1-16-19-14-8-9-15-20(19)27-25(26)21(16)22-23(17-10-4-2-5-11-17)28-29-24(22)18-12-6-3-7-13-18/h2-15H,1H3. The Morgan fingerprint density at radius 1 is 0.724 bits per heavy atom. The first kappa shape index (κ1) is 17.7. The quantitative estimate of drug-likeness (QED) is 0.303. The summed E-state index contributed by atoms with van der Waals surface area (Å²) in [6, 6.07) is 28.0. The second kappa shape index (κ2) is 7.19. The van der Waals surface area contributed by atoms with E-state index >= 15 is 0 Å². The lowest BCUT2D eigenvalue weighted by Gasteiger charge is -2.13. The van der Waals surface area contributed by atoms with Gasteiger partial charge in [-0.15, -0.1) is 0 Å². The number of hydrogen-bond acceptors (Lipinski definition) is 3. The molecule has 0 aliphatic carbocycles. The molecular weight excluding hydrogens is 380 g/mol. The minimum Gasteiger partial charge on any atom is -0.355 e. The Morgan fingerprint density at radius 2 is 1.34 bits per heavy atom. The van der Waals surface area contributed by atoms with Crippen LogP contribution >= 0.6 is 11.6 Å². The maximum absolute atomic E-state index is 6.74. The molecule has 0 atom stereocenters. The Kier molecular flexibility index (Phi) is 4.38. The highest BCUT2D eigenvalue weighted by atomic mass is 35.5. The van der Waals surface area contributed by atoms with Crippen molar-refractivity contribution >= 4 is 22.5 Å². The van der Waals surface area contributed by atoms with Crippen LogP contribution in [0.4, 0.5) is 0 Å². The van der Waals surface area contributed by atoms with Crippen molar-refractivity contribution in [1.29, 1.82) is 0 Å². The van der Waals surface area contributed by atoms with Crippen LogP contribution in [-0.2, 0) is 0 Å². The summed E-state index contributed by atoms with van der Waals surface area (Å²) in [5.41, 5.74) is 6.31. The number of benzene rings is 3. The van der Waals surface area contributed by atoms with Crippen LogP contribution in [0.1, 0.15) is 5.56 Å². The minimum absolute atomic E-state index is 0.443. The zero-order valence-electron chi connectivity index (χ0n) is 15.8. The molecule has 4 heteroatoms. The van der Waals surface area contributed by atoms with Gasteiger partial charge in [-0.05, 0) is 18.6 Å². The van der Waals surface area contributed by atoms with Crippen LogP contribution in [0.25, 0.3) is 44.6 Å². The molecule has 29 heavy (non-hydrogen) atoms. The molecule has 0 bridgehead atoms. The van der Waals surface area contributed by atoms with Crippen molar-refractivity contribution in [2.45, 2.75) is 6.92 Å². The maximum Gasteiger partial charge on any atom is 0.175 e. The van der Waals surface area contributed by atoms with E-state index < -0.39 is 0 Å². The highest BCUT2D eigenvalue weighted by Crippen LogP contribution is 2.44. The molecule has 2 heterocycles. The van der Waals surface area contributed by atoms with E-state index in [1.807, 2.05) is 78.9 Å². The summed E-state index contributed by atoms with van der Waals surface area (Å²) in [6.45, 7) is 2.07. The van der Waals surface area contributed by atoms with Crippen molar-refractivity contribution in [3.05, 3.63) is 95.6 Å². The Hall–Kier alpha value is -3.43. The van der Waals surface area contributed by atoms with Gasteiger partial charge in [0.05, 0.1) is 11.1 Å². The number of para-hydroxylation sites is 1. The van der Waals surface area contributed by atoms with Crippen molar-refractivity contribution in [3.8, 4) is 33.7 Å². The average Bonchev–Trinajstić information content (AvgIpc) is 3.20. The average molecular weight is 397 g/mol. The summed E-state index contributed by atoms with van der Waals surface area (Å²) in [6.07, 6.45) is 0. The lowest BCUT2D eigenvalue weighted by molar-refractivity contribution is 0.435. The number of fused-ring (bicyclic) bond motifs is 1. The molecule has 0 aliphatic rings. The Labute approximate surface area is 173 Å².